The Balaban J connectivity index is 1.12. The monoisotopic (exact) mass is 719 g/mol. The van der Waals surface area contributed by atoms with E-state index in [2.05, 4.69) is 193 Å². The summed E-state index contributed by atoms with van der Waals surface area (Å²) in [5.74, 6) is 0. The van der Waals surface area contributed by atoms with Crippen LogP contribution in [-0.4, -0.2) is 0 Å². The molecule has 0 N–H and O–H groups in total. The molecule has 0 amide bonds. The summed E-state index contributed by atoms with van der Waals surface area (Å²) in [4.78, 5) is 2.47. The van der Waals surface area contributed by atoms with Gasteiger partial charge < -0.3 is 9.32 Å². The van der Waals surface area contributed by atoms with Gasteiger partial charge in [0.25, 0.3) is 0 Å². The third-order valence-electron chi connectivity index (χ3n) is 10.9. The number of benzene rings is 9. The second-order valence-electron chi connectivity index (χ2n) is 14.1. The summed E-state index contributed by atoms with van der Waals surface area (Å²) in [7, 11) is 0. The Morgan fingerprint density at radius 2 is 0.964 bits per heavy atom. The van der Waals surface area contributed by atoms with E-state index in [-0.39, 0.29) is 0 Å². The largest absolute Gasteiger partial charge is 0.456 e. The summed E-state index contributed by atoms with van der Waals surface area (Å²) in [5.41, 5.74) is 12.4. The maximum absolute atomic E-state index is 6.15. The average molecular weight is 720 g/mol. The normalized spacial score (nSPS) is 11.6. The first kappa shape index (κ1) is 31.6. The van der Waals surface area contributed by atoms with E-state index in [4.69, 9.17) is 4.42 Å². The predicted octanol–water partition coefficient (Wildman–Crippen LogP) is 15.6. The minimum atomic E-state index is 0.907. The number of thiophene rings is 1. The molecule has 2 nitrogen and oxygen atoms in total. The zero-order valence-corrected chi connectivity index (χ0v) is 30.6. The summed E-state index contributed by atoms with van der Waals surface area (Å²) >= 11 is 1.87. The molecule has 11 rings (SSSR count). The van der Waals surface area contributed by atoms with Gasteiger partial charge in [0.1, 0.15) is 11.2 Å². The number of rotatable bonds is 6. The number of furan rings is 1. The lowest BCUT2D eigenvalue weighted by Gasteiger charge is -2.29. The highest BCUT2D eigenvalue weighted by Crippen LogP contribution is 2.50. The van der Waals surface area contributed by atoms with Gasteiger partial charge in [-0.15, -0.1) is 11.3 Å². The van der Waals surface area contributed by atoms with E-state index >= 15 is 0 Å². The number of hydrogen-bond donors (Lipinski definition) is 0. The fraction of sp³-hybridized carbons (Fsp3) is 0. The van der Waals surface area contributed by atoms with Gasteiger partial charge in [-0.2, -0.15) is 0 Å². The van der Waals surface area contributed by atoms with Crippen molar-refractivity contribution in [1.29, 1.82) is 0 Å². The van der Waals surface area contributed by atoms with E-state index in [0.29, 0.717) is 0 Å². The lowest BCUT2D eigenvalue weighted by atomic mass is 9.98. The molecule has 3 heteroatoms. The molecule has 0 atom stereocenters. The molecule has 2 aromatic heterocycles. The zero-order chi connectivity index (χ0) is 36.3. The topological polar surface area (TPSA) is 16.4 Å². The van der Waals surface area contributed by atoms with Gasteiger partial charge >= 0.3 is 0 Å². The van der Waals surface area contributed by atoms with Crippen LogP contribution in [0.1, 0.15) is 0 Å². The highest BCUT2D eigenvalue weighted by Gasteiger charge is 2.23. The van der Waals surface area contributed by atoms with Crippen molar-refractivity contribution in [2.75, 3.05) is 4.90 Å². The van der Waals surface area contributed by atoms with Gasteiger partial charge in [0, 0.05) is 43.2 Å². The Bertz CT molecular complexity index is 3190. The summed E-state index contributed by atoms with van der Waals surface area (Å²) in [6.45, 7) is 0. The molecule has 2 heterocycles. The first-order valence-electron chi connectivity index (χ1n) is 18.7. The number of nitrogens with zero attached hydrogens (tertiary/aromatic N) is 1. The Morgan fingerprint density at radius 3 is 1.80 bits per heavy atom. The predicted molar refractivity (Wildman–Crippen MR) is 235 cm³/mol. The average Bonchev–Trinajstić information content (AvgIpc) is 3.83. The van der Waals surface area contributed by atoms with Crippen molar-refractivity contribution >= 4 is 81.3 Å². The molecule has 0 fully saturated rings. The van der Waals surface area contributed by atoms with Crippen molar-refractivity contribution in [2.45, 2.75) is 0 Å². The maximum Gasteiger partial charge on any atom is 0.135 e. The second kappa shape index (κ2) is 12.9. The number of anilines is 3. The van der Waals surface area contributed by atoms with Crippen LogP contribution in [0, 0.1) is 0 Å². The summed E-state index contributed by atoms with van der Waals surface area (Å²) in [5, 5.41) is 7.24. The fourth-order valence-electron chi connectivity index (χ4n) is 8.15. The Hall–Kier alpha value is -6.94. The molecular formula is C52H33NOS. The zero-order valence-electron chi connectivity index (χ0n) is 29.8. The molecule has 0 aliphatic heterocycles. The molecule has 55 heavy (non-hydrogen) atoms. The molecule has 0 aliphatic rings. The maximum atomic E-state index is 6.15. The van der Waals surface area contributed by atoms with Gasteiger partial charge in [-0.3, -0.25) is 0 Å². The molecule has 0 aliphatic carbocycles. The second-order valence-corrected chi connectivity index (χ2v) is 15.2. The quantitative estimate of drug-likeness (QED) is 0.170. The van der Waals surface area contributed by atoms with Gasteiger partial charge in [0.15, 0.2) is 0 Å². The lowest BCUT2D eigenvalue weighted by molar-refractivity contribution is 0.669. The van der Waals surface area contributed by atoms with Gasteiger partial charge in [0.2, 0.25) is 0 Å². The SMILES string of the molecule is c1ccc(-c2ccc3cc(N(c4ccc(-c5ccc6oc7ccccc7c6c5)cc4)c4c(-c5ccccc5)ccc5c4sc4ccccc45)ccc3c2)cc1. The van der Waals surface area contributed by atoms with Crippen LogP contribution in [-0.2, 0) is 0 Å². The van der Waals surface area contributed by atoms with Gasteiger partial charge in [0.05, 0.1) is 10.4 Å². The van der Waals surface area contributed by atoms with Crippen molar-refractivity contribution in [2.24, 2.45) is 0 Å². The molecule has 0 unspecified atom stereocenters. The van der Waals surface area contributed by atoms with Gasteiger partial charge in [-0.1, -0.05) is 146 Å². The first-order valence-corrected chi connectivity index (χ1v) is 19.5. The molecular weight excluding hydrogens is 687 g/mol. The van der Waals surface area contributed by atoms with Crippen molar-refractivity contribution in [3.8, 4) is 33.4 Å². The first-order chi connectivity index (χ1) is 27.2. The fourth-order valence-corrected chi connectivity index (χ4v) is 9.39. The highest BCUT2D eigenvalue weighted by molar-refractivity contribution is 7.26. The van der Waals surface area contributed by atoms with Crippen LogP contribution in [0.15, 0.2) is 205 Å². The van der Waals surface area contributed by atoms with E-state index in [1.807, 2.05) is 23.5 Å². The van der Waals surface area contributed by atoms with Crippen molar-refractivity contribution in [3.05, 3.63) is 200 Å². The van der Waals surface area contributed by atoms with E-state index in [9.17, 15) is 0 Å². The van der Waals surface area contributed by atoms with E-state index in [0.717, 1.165) is 44.4 Å². The van der Waals surface area contributed by atoms with Crippen LogP contribution < -0.4 is 4.90 Å². The summed E-state index contributed by atoms with van der Waals surface area (Å²) in [6, 6.07) is 72.4. The van der Waals surface area contributed by atoms with Gasteiger partial charge in [-0.05, 0) is 93.2 Å². The highest BCUT2D eigenvalue weighted by atomic mass is 32.1. The molecule has 0 saturated carbocycles. The lowest BCUT2D eigenvalue weighted by Crippen LogP contribution is -2.11. The third-order valence-corrected chi connectivity index (χ3v) is 12.0. The molecule has 0 bridgehead atoms. The van der Waals surface area contributed by atoms with Crippen LogP contribution in [0.25, 0.3) is 86.3 Å². The van der Waals surface area contributed by atoms with Crippen LogP contribution in [0.5, 0.6) is 0 Å². The van der Waals surface area contributed by atoms with Crippen LogP contribution in [0.4, 0.5) is 17.1 Å². The third kappa shape index (κ3) is 5.40. The smallest absolute Gasteiger partial charge is 0.135 e. The number of fused-ring (bicyclic) bond motifs is 7. The molecule has 258 valence electrons. The Kier molecular flexibility index (Phi) is 7.39. The number of hydrogen-bond acceptors (Lipinski definition) is 3. The molecule has 0 saturated heterocycles. The van der Waals surface area contributed by atoms with Crippen molar-refractivity contribution in [1.82, 2.24) is 0 Å². The number of para-hydroxylation sites is 1. The summed E-state index contributed by atoms with van der Waals surface area (Å²) < 4.78 is 8.70. The Morgan fingerprint density at radius 1 is 0.364 bits per heavy atom. The molecule has 0 spiro atoms. The van der Waals surface area contributed by atoms with E-state index < -0.39 is 0 Å². The molecule has 9 aromatic carbocycles. The summed E-state index contributed by atoms with van der Waals surface area (Å²) in [6.07, 6.45) is 0. The van der Waals surface area contributed by atoms with Gasteiger partial charge in [-0.25, -0.2) is 0 Å². The standard InChI is InChI=1S/C52H33NOS/c1-3-11-34(12-4-1)37-19-20-39-32-42(27-23-38(39)31-37)53(41-25-21-35(22-26-41)40-24-30-49-47(33-40)44-15-7-9-17-48(44)54-49)51-43(36-13-5-2-6-14-36)28-29-46-45-16-8-10-18-50(45)55-52(46)51/h1-33H. The minimum Gasteiger partial charge on any atom is -0.456 e. The van der Waals surface area contributed by atoms with E-state index in [1.54, 1.807) is 0 Å². The van der Waals surface area contributed by atoms with Crippen LogP contribution >= 0.6 is 11.3 Å². The van der Waals surface area contributed by atoms with Crippen LogP contribution in [0.3, 0.4) is 0 Å². The van der Waals surface area contributed by atoms with E-state index in [1.165, 1.54) is 58.9 Å². The minimum absolute atomic E-state index is 0.907. The van der Waals surface area contributed by atoms with Crippen LogP contribution in [0.2, 0.25) is 0 Å². The van der Waals surface area contributed by atoms with Crippen molar-refractivity contribution < 1.29 is 4.42 Å². The Labute approximate surface area is 322 Å². The molecule has 11 aromatic rings. The van der Waals surface area contributed by atoms with Crippen molar-refractivity contribution in [3.63, 3.8) is 0 Å². The molecule has 0 radical (unpaired) electrons.